The summed E-state index contributed by atoms with van der Waals surface area (Å²) < 4.78 is 7.50. The van der Waals surface area contributed by atoms with Gasteiger partial charge in [-0.3, -0.25) is 9.59 Å². The minimum absolute atomic E-state index is 0.0582. The normalized spacial score (nSPS) is 12.8. The molecule has 1 aromatic heterocycles. The summed E-state index contributed by atoms with van der Waals surface area (Å²) in [5.74, 6) is 1.34. The van der Waals surface area contributed by atoms with Crippen LogP contribution < -0.4 is 15.0 Å². The predicted octanol–water partition coefficient (Wildman–Crippen LogP) is 4.11. The third-order valence-electron chi connectivity index (χ3n) is 5.43. The van der Waals surface area contributed by atoms with Crippen molar-refractivity contribution in [3.63, 3.8) is 0 Å². The number of thioether (sulfide) groups is 1. The first-order chi connectivity index (χ1) is 16.1. The highest BCUT2D eigenvalue weighted by atomic mass is 32.2. The molecule has 0 fully saturated rings. The average Bonchev–Trinajstić information content (AvgIpc) is 3.19. The highest BCUT2D eigenvalue weighted by molar-refractivity contribution is 7.99. The van der Waals surface area contributed by atoms with Gasteiger partial charge < -0.3 is 15.0 Å². The Hall–Kier alpha value is -3.26. The highest BCUT2D eigenvalue weighted by Gasteiger charge is 2.29. The third-order valence-corrected chi connectivity index (χ3v) is 6.45. The molecule has 0 saturated heterocycles. The predicted molar refractivity (Wildman–Crippen MR) is 130 cm³/mol. The largest absolute Gasteiger partial charge is 0.494 e. The van der Waals surface area contributed by atoms with E-state index >= 15 is 0 Å². The standard InChI is InChI=1S/C25H28N4O3S/c1-3-32-21-12-8-7-9-19(21)17-26-22(30)13-14-23(31)28-15-16-33-25-24(28)18(2)27-29(25)20-10-5-4-6-11-20/h4-12H,3,13-17H2,1-2H3,(H,26,30). The van der Waals surface area contributed by atoms with Gasteiger partial charge in [0, 0.05) is 37.2 Å². The maximum atomic E-state index is 13.1. The van der Waals surface area contributed by atoms with Crippen molar-refractivity contribution in [1.82, 2.24) is 15.1 Å². The fraction of sp³-hybridized carbons (Fsp3) is 0.320. The molecule has 1 aliphatic rings. The summed E-state index contributed by atoms with van der Waals surface area (Å²) in [6.07, 6.45) is 0.291. The molecule has 2 amide bonds. The first-order valence-corrected chi connectivity index (χ1v) is 12.1. The monoisotopic (exact) mass is 464 g/mol. The van der Waals surface area contributed by atoms with Crippen molar-refractivity contribution in [3.8, 4) is 11.4 Å². The van der Waals surface area contributed by atoms with Crippen molar-refractivity contribution in [1.29, 1.82) is 0 Å². The van der Waals surface area contributed by atoms with E-state index in [0.29, 0.717) is 19.7 Å². The Labute approximate surface area is 198 Å². The van der Waals surface area contributed by atoms with Crippen LogP contribution in [0, 0.1) is 6.92 Å². The quantitative estimate of drug-likeness (QED) is 0.543. The van der Waals surface area contributed by atoms with E-state index < -0.39 is 0 Å². The van der Waals surface area contributed by atoms with Gasteiger partial charge in [0.1, 0.15) is 10.8 Å². The number of benzene rings is 2. The first-order valence-electron chi connectivity index (χ1n) is 11.1. The van der Waals surface area contributed by atoms with Gasteiger partial charge in [-0.2, -0.15) is 5.10 Å². The summed E-state index contributed by atoms with van der Waals surface area (Å²) in [6.45, 7) is 5.40. The van der Waals surface area contributed by atoms with Crippen molar-refractivity contribution in [3.05, 3.63) is 65.9 Å². The van der Waals surface area contributed by atoms with Gasteiger partial charge in [0.05, 0.1) is 23.7 Å². The summed E-state index contributed by atoms with van der Waals surface area (Å²) in [6, 6.07) is 17.6. The van der Waals surface area contributed by atoms with E-state index in [-0.39, 0.29) is 24.7 Å². The number of anilines is 1. The highest BCUT2D eigenvalue weighted by Crippen LogP contribution is 2.39. The molecule has 1 N–H and O–H groups in total. The molecule has 0 unspecified atom stereocenters. The number of carbonyl (C=O) groups is 2. The van der Waals surface area contributed by atoms with Crippen LogP contribution >= 0.6 is 11.8 Å². The third kappa shape index (κ3) is 5.22. The molecule has 0 aliphatic carbocycles. The molecule has 2 heterocycles. The Morgan fingerprint density at radius 1 is 1.09 bits per heavy atom. The zero-order valence-electron chi connectivity index (χ0n) is 18.9. The maximum absolute atomic E-state index is 13.1. The molecule has 2 aromatic carbocycles. The van der Waals surface area contributed by atoms with Crippen molar-refractivity contribution in [2.75, 3.05) is 23.8 Å². The molecule has 33 heavy (non-hydrogen) atoms. The average molecular weight is 465 g/mol. The second kappa shape index (κ2) is 10.6. The molecular weight excluding hydrogens is 436 g/mol. The van der Waals surface area contributed by atoms with E-state index in [4.69, 9.17) is 4.74 Å². The van der Waals surface area contributed by atoms with Gasteiger partial charge in [0.25, 0.3) is 0 Å². The van der Waals surface area contributed by atoms with Gasteiger partial charge >= 0.3 is 0 Å². The molecule has 8 heteroatoms. The van der Waals surface area contributed by atoms with Crippen molar-refractivity contribution < 1.29 is 14.3 Å². The van der Waals surface area contributed by atoms with Gasteiger partial charge in [-0.25, -0.2) is 4.68 Å². The van der Waals surface area contributed by atoms with Gasteiger partial charge in [-0.15, -0.1) is 11.8 Å². The minimum Gasteiger partial charge on any atom is -0.494 e. The SMILES string of the molecule is CCOc1ccccc1CNC(=O)CCC(=O)N1CCSc2c1c(C)nn2-c1ccccc1. The van der Waals surface area contributed by atoms with Gasteiger partial charge in [0.15, 0.2) is 0 Å². The summed E-state index contributed by atoms with van der Waals surface area (Å²) in [5, 5.41) is 8.56. The van der Waals surface area contributed by atoms with E-state index in [0.717, 1.165) is 39.2 Å². The molecular formula is C25H28N4O3S. The van der Waals surface area contributed by atoms with Crippen LogP contribution in [0.3, 0.4) is 0 Å². The summed E-state index contributed by atoms with van der Waals surface area (Å²) in [7, 11) is 0. The lowest BCUT2D eigenvalue weighted by atomic mass is 10.2. The van der Waals surface area contributed by atoms with Crippen LogP contribution in [-0.2, 0) is 16.1 Å². The summed E-state index contributed by atoms with van der Waals surface area (Å²) in [5.41, 5.74) is 3.55. The summed E-state index contributed by atoms with van der Waals surface area (Å²) in [4.78, 5) is 27.3. The van der Waals surface area contributed by atoms with Crippen LogP contribution in [0.5, 0.6) is 5.75 Å². The molecule has 0 saturated carbocycles. The number of hydrogen-bond acceptors (Lipinski definition) is 5. The molecule has 0 radical (unpaired) electrons. The second-order valence-electron chi connectivity index (χ2n) is 7.70. The number of fused-ring (bicyclic) bond motifs is 1. The van der Waals surface area contributed by atoms with Gasteiger partial charge in [0.2, 0.25) is 11.8 Å². The van der Waals surface area contributed by atoms with E-state index in [1.165, 1.54) is 0 Å². The van der Waals surface area contributed by atoms with E-state index in [2.05, 4.69) is 10.4 Å². The lowest BCUT2D eigenvalue weighted by Gasteiger charge is -2.27. The Morgan fingerprint density at radius 3 is 2.64 bits per heavy atom. The van der Waals surface area contributed by atoms with Crippen molar-refractivity contribution in [2.45, 2.75) is 38.3 Å². The van der Waals surface area contributed by atoms with Crippen LogP contribution in [0.15, 0.2) is 59.6 Å². The Morgan fingerprint density at radius 2 is 1.85 bits per heavy atom. The van der Waals surface area contributed by atoms with Crippen LogP contribution in [0.4, 0.5) is 5.69 Å². The van der Waals surface area contributed by atoms with E-state index in [9.17, 15) is 9.59 Å². The van der Waals surface area contributed by atoms with E-state index in [1.807, 2.05) is 73.1 Å². The van der Waals surface area contributed by atoms with Crippen LogP contribution in [0.2, 0.25) is 0 Å². The topological polar surface area (TPSA) is 76.5 Å². The number of amides is 2. The minimum atomic E-state index is -0.155. The number of aromatic nitrogens is 2. The molecule has 0 bridgehead atoms. The van der Waals surface area contributed by atoms with Gasteiger partial charge in [-0.1, -0.05) is 36.4 Å². The second-order valence-corrected chi connectivity index (χ2v) is 8.78. The number of aryl methyl sites for hydroxylation is 1. The van der Waals surface area contributed by atoms with Gasteiger partial charge in [-0.05, 0) is 32.0 Å². The Balaban J connectivity index is 1.38. The number of rotatable bonds is 8. The molecule has 0 atom stereocenters. The number of carbonyl (C=O) groups excluding carboxylic acids is 2. The van der Waals surface area contributed by atoms with Crippen molar-refractivity contribution in [2.24, 2.45) is 0 Å². The molecule has 7 nitrogen and oxygen atoms in total. The van der Waals surface area contributed by atoms with Crippen LogP contribution in [0.25, 0.3) is 5.69 Å². The van der Waals surface area contributed by atoms with E-state index in [1.54, 1.807) is 16.7 Å². The molecule has 3 aromatic rings. The lowest BCUT2D eigenvalue weighted by molar-refractivity contribution is -0.125. The number of ether oxygens (including phenoxy) is 1. The number of hydrogen-bond donors (Lipinski definition) is 1. The molecule has 172 valence electrons. The Bertz CT molecular complexity index is 1130. The van der Waals surface area contributed by atoms with Crippen LogP contribution in [-0.4, -0.2) is 40.5 Å². The summed E-state index contributed by atoms with van der Waals surface area (Å²) >= 11 is 1.70. The lowest BCUT2D eigenvalue weighted by Crippen LogP contribution is -2.36. The van der Waals surface area contributed by atoms with Crippen LogP contribution in [0.1, 0.15) is 31.0 Å². The number of nitrogens with one attached hydrogen (secondary N) is 1. The molecule has 4 rings (SSSR count). The fourth-order valence-electron chi connectivity index (χ4n) is 3.86. The number of para-hydroxylation sites is 2. The zero-order valence-corrected chi connectivity index (χ0v) is 19.7. The number of nitrogens with zero attached hydrogens (tertiary/aromatic N) is 3. The molecule has 0 spiro atoms. The van der Waals surface area contributed by atoms with Crippen molar-refractivity contribution >= 4 is 29.3 Å². The first kappa shape index (κ1) is 22.9. The zero-order chi connectivity index (χ0) is 23.2. The smallest absolute Gasteiger partial charge is 0.227 e. The molecule has 1 aliphatic heterocycles. The fourth-order valence-corrected chi connectivity index (χ4v) is 4.99. The Kier molecular flexibility index (Phi) is 7.34. The maximum Gasteiger partial charge on any atom is 0.227 e.